The Morgan fingerprint density at radius 1 is 1.00 bits per heavy atom. The second kappa shape index (κ2) is 7.02. The molecule has 3 heterocycles. The quantitative estimate of drug-likeness (QED) is 0.821. The highest BCUT2D eigenvalue weighted by Gasteiger charge is 2.28. The molecule has 1 aromatic carbocycles. The maximum Gasteiger partial charge on any atom is 0.272 e. The van der Waals surface area contributed by atoms with Crippen LogP contribution in [-0.4, -0.2) is 58.8 Å². The first-order valence-corrected chi connectivity index (χ1v) is 9.42. The van der Waals surface area contributed by atoms with Crippen LogP contribution in [0, 0.1) is 0 Å². The number of aromatic nitrogens is 1. The number of fused-ring (bicyclic) bond motifs is 1. The smallest absolute Gasteiger partial charge is 0.272 e. The van der Waals surface area contributed by atoms with Gasteiger partial charge in [0.15, 0.2) is 0 Å². The lowest BCUT2D eigenvalue weighted by Crippen LogP contribution is -2.50. The molecule has 1 fully saturated rings. The van der Waals surface area contributed by atoms with Crippen LogP contribution in [0.1, 0.15) is 29.9 Å². The fourth-order valence-corrected chi connectivity index (χ4v) is 4.00. The summed E-state index contributed by atoms with van der Waals surface area (Å²) in [5, 5.41) is 0. The third kappa shape index (κ3) is 3.27. The molecule has 0 N–H and O–H groups in total. The van der Waals surface area contributed by atoms with E-state index in [1.165, 1.54) is 11.3 Å². The van der Waals surface area contributed by atoms with Crippen LogP contribution in [-0.2, 0) is 11.2 Å². The van der Waals surface area contributed by atoms with Gasteiger partial charge < -0.3 is 14.7 Å². The number of hydrogen-bond donors (Lipinski definition) is 0. The zero-order chi connectivity index (χ0) is 19.0. The van der Waals surface area contributed by atoms with Crippen molar-refractivity contribution in [3.05, 3.63) is 53.9 Å². The summed E-state index contributed by atoms with van der Waals surface area (Å²) in [6.45, 7) is 6.04. The molecule has 0 aliphatic carbocycles. The van der Waals surface area contributed by atoms with Crippen molar-refractivity contribution >= 4 is 23.2 Å². The van der Waals surface area contributed by atoms with Crippen molar-refractivity contribution in [2.24, 2.45) is 0 Å². The van der Waals surface area contributed by atoms with Gasteiger partial charge in [-0.05, 0) is 37.1 Å². The SMILES string of the molecule is CC(=O)N1CCN(C(=O)c2ccc(N3c4ccccc4CC3C)cn2)CC1. The predicted molar refractivity (Wildman–Crippen MR) is 104 cm³/mol. The van der Waals surface area contributed by atoms with Crippen molar-refractivity contribution in [1.82, 2.24) is 14.8 Å². The number of piperazine rings is 1. The lowest BCUT2D eigenvalue weighted by Gasteiger charge is -2.34. The van der Waals surface area contributed by atoms with Crippen LogP contribution in [0.3, 0.4) is 0 Å². The van der Waals surface area contributed by atoms with Gasteiger partial charge in [-0.2, -0.15) is 0 Å². The molecule has 0 radical (unpaired) electrons. The number of carbonyl (C=O) groups excluding carboxylic acids is 2. The molecule has 2 aliphatic heterocycles. The zero-order valence-corrected chi connectivity index (χ0v) is 15.8. The number of carbonyl (C=O) groups is 2. The summed E-state index contributed by atoms with van der Waals surface area (Å²) in [6.07, 6.45) is 2.80. The van der Waals surface area contributed by atoms with Crippen LogP contribution in [0.5, 0.6) is 0 Å². The van der Waals surface area contributed by atoms with E-state index < -0.39 is 0 Å². The highest BCUT2D eigenvalue weighted by Crippen LogP contribution is 2.37. The average molecular weight is 364 g/mol. The van der Waals surface area contributed by atoms with Gasteiger partial charge in [-0.15, -0.1) is 0 Å². The number of rotatable bonds is 2. The molecule has 0 spiro atoms. The normalized spacial score (nSPS) is 19.2. The topological polar surface area (TPSA) is 56.8 Å². The van der Waals surface area contributed by atoms with Gasteiger partial charge >= 0.3 is 0 Å². The second-order valence-corrected chi connectivity index (χ2v) is 7.25. The van der Waals surface area contributed by atoms with Crippen LogP contribution in [0.25, 0.3) is 0 Å². The van der Waals surface area contributed by atoms with Gasteiger partial charge in [-0.1, -0.05) is 18.2 Å². The van der Waals surface area contributed by atoms with Crippen molar-refractivity contribution in [2.75, 3.05) is 31.1 Å². The molecule has 0 bridgehead atoms. The third-order valence-electron chi connectivity index (χ3n) is 5.46. The molecule has 0 saturated carbocycles. The Morgan fingerprint density at radius 3 is 2.37 bits per heavy atom. The van der Waals surface area contributed by atoms with Crippen LogP contribution in [0.4, 0.5) is 11.4 Å². The van der Waals surface area contributed by atoms with E-state index >= 15 is 0 Å². The van der Waals surface area contributed by atoms with Crippen LogP contribution in [0.2, 0.25) is 0 Å². The molecule has 140 valence electrons. The molecule has 27 heavy (non-hydrogen) atoms. The molecule has 6 nitrogen and oxygen atoms in total. The summed E-state index contributed by atoms with van der Waals surface area (Å²) < 4.78 is 0. The summed E-state index contributed by atoms with van der Waals surface area (Å²) in [6, 6.07) is 12.6. The number of para-hydroxylation sites is 1. The summed E-state index contributed by atoms with van der Waals surface area (Å²) in [5.74, 6) is -0.00999. The van der Waals surface area contributed by atoms with E-state index in [0.29, 0.717) is 37.9 Å². The Hall–Kier alpha value is -2.89. The van der Waals surface area contributed by atoms with Crippen molar-refractivity contribution in [1.29, 1.82) is 0 Å². The molecule has 2 aromatic rings. The van der Waals surface area contributed by atoms with E-state index in [1.54, 1.807) is 22.9 Å². The minimum Gasteiger partial charge on any atom is -0.339 e. The number of anilines is 2. The lowest BCUT2D eigenvalue weighted by atomic mass is 10.1. The van der Waals surface area contributed by atoms with Gasteiger partial charge in [-0.3, -0.25) is 9.59 Å². The van der Waals surface area contributed by atoms with E-state index in [0.717, 1.165) is 12.1 Å². The Kier molecular flexibility index (Phi) is 4.56. The first-order valence-electron chi connectivity index (χ1n) is 9.42. The zero-order valence-electron chi connectivity index (χ0n) is 15.8. The predicted octanol–water partition coefficient (Wildman–Crippen LogP) is 2.47. The summed E-state index contributed by atoms with van der Waals surface area (Å²) in [7, 11) is 0. The average Bonchev–Trinajstić information content (AvgIpc) is 3.03. The van der Waals surface area contributed by atoms with E-state index in [1.807, 2.05) is 12.1 Å². The van der Waals surface area contributed by atoms with Gasteiger partial charge in [0.05, 0.1) is 11.9 Å². The lowest BCUT2D eigenvalue weighted by molar-refractivity contribution is -0.130. The summed E-state index contributed by atoms with van der Waals surface area (Å²) in [5.41, 5.74) is 4.01. The number of nitrogens with zero attached hydrogens (tertiary/aromatic N) is 4. The molecule has 1 saturated heterocycles. The standard InChI is InChI=1S/C21H24N4O2/c1-15-13-17-5-3-4-6-20(17)25(15)18-7-8-19(22-14-18)21(27)24-11-9-23(10-12-24)16(2)26/h3-8,14-15H,9-13H2,1-2H3. The van der Waals surface area contributed by atoms with Crippen molar-refractivity contribution in [3.8, 4) is 0 Å². The van der Waals surface area contributed by atoms with Crippen molar-refractivity contribution < 1.29 is 9.59 Å². The Morgan fingerprint density at radius 2 is 1.70 bits per heavy atom. The minimum atomic E-state index is -0.0698. The Balaban J connectivity index is 1.48. The van der Waals surface area contributed by atoms with Crippen molar-refractivity contribution in [2.45, 2.75) is 26.3 Å². The maximum atomic E-state index is 12.7. The van der Waals surface area contributed by atoms with Gasteiger partial charge in [0, 0.05) is 44.8 Å². The van der Waals surface area contributed by atoms with Gasteiger partial charge in [0.2, 0.25) is 5.91 Å². The monoisotopic (exact) mass is 364 g/mol. The van der Waals surface area contributed by atoms with Crippen LogP contribution >= 0.6 is 0 Å². The Bertz CT molecular complexity index is 857. The first-order chi connectivity index (χ1) is 13.0. The van der Waals surface area contributed by atoms with Crippen LogP contribution in [0.15, 0.2) is 42.6 Å². The van der Waals surface area contributed by atoms with Gasteiger partial charge in [-0.25, -0.2) is 4.98 Å². The molecular weight excluding hydrogens is 340 g/mol. The second-order valence-electron chi connectivity index (χ2n) is 7.25. The number of hydrogen-bond acceptors (Lipinski definition) is 4. The molecular formula is C21H24N4O2. The van der Waals surface area contributed by atoms with Gasteiger partial charge in [0.1, 0.15) is 5.69 Å². The highest BCUT2D eigenvalue weighted by molar-refractivity contribution is 5.93. The number of amides is 2. The fourth-order valence-electron chi connectivity index (χ4n) is 4.00. The minimum absolute atomic E-state index is 0.0598. The summed E-state index contributed by atoms with van der Waals surface area (Å²) in [4.78, 5) is 34.4. The summed E-state index contributed by atoms with van der Waals surface area (Å²) >= 11 is 0. The van der Waals surface area contributed by atoms with Crippen LogP contribution < -0.4 is 4.90 Å². The van der Waals surface area contributed by atoms with E-state index in [4.69, 9.17) is 0 Å². The molecule has 4 rings (SSSR count). The number of pyridine rings is 1. The highest BCUT2D eigenvalue weighted by atomic mass is 16.2. The first kappa shape index (κ1) is 17.5. The molecule has 1 aromatic heterocycles. The van der Waals surface area contributed by atoms with Gasteiger partial charge in [0.25, 0.3) is 5.91 Å². The van der Waals surface area contributed by atoms with E-state index in [-0.39, 0.29) is 11.8 Å². The fraction of sp³-hybridized carbons (Fsp3) is 0.381. The maximum absolute atomic E-state index is 12.7. The third-order valence-corrected chi connectivity index (χ3v) is 5.46. The number of benzene rings is 1. The molecule has 1 unspecified atom stereocenters. The molecule has 1 atom stereocenters. The molecule has 6 heteroatoms. The largest absolute Gasteiger partial charge is 0.339 e. The Labute approximate surface area is 159 Å². The molecule has 2 aliphatic rings. The van der Waals surface area contributed by atoms with E-state index in [9.17, 15) is 9.59 Å². The molecule has 2 amide bonds. The van der Waals surface area contributed by atoms with Crippen molar-refractivity contribution in [3.63, 3.8) is 0 Å². The van der Waals surface area contributed by atoms with E-state index in [2.05, 4.69) is 41.1 Å².